The van der Waals surface area contributed by atoms with Gasteiger partial charge in [-0.2, -0.15) is 0 Å². The summed E-state index contributed by atoms with van der Waals surface area (Å²) in [6, 6.07) is 19.7. The number of aromatic nitrogens is 6. The fourth-order valence-corrected chi connectivity index (χ4v) is 5.01. The summed E-state index contributed by atoms with van der Waals surface area (Å²) in [4.78, 5) is 24.3. The quantitative estimate of drug-likeness (QED) is 0.0519. The molecule has 0 unspecified atom stereocenters. The lowest BCUT2D eigenvalue weighted by atomic mass is 10.1. The molecule has 18 nitrogen and oxygen atoms in total. The summed E-state index contributed by atoms with van der Waals surface area (Å²) in [5, 5.41) is 42.0. The molecule has 2 heterocycles. The lowest BCUT2D eigenvalue weighted by Gasteiger charge is -2.17. The zero-order valence-corrected chi connectivity index (χ0v) is 31.7. The van der Waals surface area contributed by atoms with E-state index in [9.17, 15) is 19.8 Å². The molecule has 4 rings (SSSR count). The molecule has 0 bridgehead atoms. The molecular weight excluding hydrogens is 728 g/mol. The Bertz CT molecular complexity index is 1630. The van der Waals surface area contributed by atoms with Crippen LogP contribution in [0.3, 0.4) is 0 Å². The summed E-state index contributed by atoms with van der Waals surface area (Å²) >= 11 is 0. The number of aliphatic hydroxyl groups excluding tert-OH is 2. The third kappa shape index (κ3) is 17.9. The first-order valence-electron chi connectivity index (χ1n) is 18.8. The van der Waals surface area contributed by atoms with Crippen molar-refractivity contribution in [3.05, 3.63) is 73.1 Å². The van der Waals surface area contributed by atoms with Gasteiger partial charge in [0.15, 0.2) is 6.10 Å². The minimum Gasteiger partial charge on any atom is -0.390 e. The minimum absolute atomic E-state index is 0.0642. The second-order valence-corrected chi connectivity index (χ2v) is 12.3. The average molecular weight is 783 g/mol. The van der Waals surface area contributed by atoms with E-state index in [1.54, 1.807) is 9.36 Å². The Labute approximate surface area is 326 Å². The van der Waals surface area contributed by atoms with Crippen molar-refractivity contribution < 1.29 is 48.2 Å². The van der Waals surface area contributed by atoms with Crippen molar-refractivity contribution in [2.45, 2.75) is 38.1 Å². The van der Waals surface area contributed by atoms with E-state index in [0.717, 1.165) is 22.5 Å². The molecule has 2 aromatic heterocycles. The van der Waals surface area contributed by atoms with E-state index in [1.807, 2.05) is 73.1 Å². The van der Waals surface area contributed by atoms with E-state index < -0.39 is 18.1 Å². The van der Waals surface area contributed by atoms with Gasteiger partial charge in [0.1, 0.15) is 11.4 Å². The fraction of sp³-hybridized carbons (Fsp3) is 0.526. The van der Waals surface area contributed by atoms with Crippen LogP contribution >= 0.6 is 0 Å². The minimum atomic E-state index is -1.67. The molecule has 0 aliphatic rings. The Balaban J connectivity index is 0.863. The summed E-state index contributed by atoms with van der Waals surface area (Å²) in [5.74, 6) is -1.08. The van der Waals surface area contributed by atoms with E-state index in [4.69, 9.17) is 28.4 Å². The molecule has 4 N–H and O–H groups in total. The maximum absolute atomic E-state index is 12.2. The van der Waals surface area contributed by atoms with Gasteiger partial charge in [-0.05, 0) is 6.42 Å². The Hall–Kier alpha value is -4.66. The van der Waals surface area contributed by atoms with Crippen LogP contribution in [-0.2, 0) is 51.1 Å². The molecule has 56 heavy (non-hydrogen) atoms. The molecule has 18 heteroatoms. The van der Waals surface area contributed by atoms with Gasteiger partial charge in [0.05, 0.1) is 111 Å². The number of ether oxygens (including phenoxy) is 6. The van der Waals surface area contributed by atoms with Crippen LogP contribution in [0.25, 0.3) is 22.5 Å². The van der Waals surface area contributed by atoms with Crippen LogP contribution in [0.5, 0.6) is 0 Å². The van der Waals surface area contributed by atoms with Gasteiger partial charge in [-0.25, -0.2) is 9.36 Å². The maximum atomic E-state index is 12.2. The highest BCUT2D eigenvalue weighted by Gasteiger charge is 2.24. The van der Waals surface area contributed by atoms with Crippen molar-refractivity contribution in [1.82, 2.24) is 40.6 Å². The fourth-order valence-electron chi connectivity index (χ4n) is 5.01. The smallest absolute Gasteiger partial charge is 0.251 e. The van der Waals surface area contributed by atoms with Crippen LogP contribution in [0.4, 0.5) is 0 Å². The standard InChI is InChI=1S/C38H54N8O10/c47-35(11-12-36(48)39-13-17-51-21-25-55-27-23-53-19-15-45-29-33(41-43-45)31-7-3-1-4-8-31)37(49)38(50)40-14-18-52-22-26-56-28-24-54-20-16-46-30-34(42-44-46)32-9-5-2-6-10-32/h1-10,29-30,35,37,47,49H,11-28H2,(H,39,48)(H,40,50)/t35-,37+/m0/s1. The molecule has 0 saturated carbocycles. The van der Waals surface area contributed by atoms with Gasteiger partial charge in [-0.15, -0.1) is 10.2 Å². The van der Waals surface area contributed by atoms with Gasteiger partial charge >= 0.3 is 0 Å². The van der Waals surface area contributed by atoms with Gasteiger partial charge in [-0.1, -0.05) is 71.1 Å². The Morgan fingerprint density at radius 1 is 0.571 bits per heavy atom. The maximum Gasteiger partial charge on any atom is 0.251 e. The third-order valence-electron chi connectivity index (χ3n) is 8.05. The number of aliphatic hydroxyl groups is 2. The summed E-state index contributed by atoms with van der Waals surface area (Å²) in [7, 11) is 0. The number of hydrogen-bond donors (Lipinski definition) is 4. The molecule has 0 radical (unpaired) electrons. The van der Waals surface area contributed by atoms with Crippen molar-refractivity contribution in [2.75, 3.05) is 92.4 Å². The van der Waals surface area contributed by atoms with Gasteiger partial charge in [0.25, 0.3) is 5.91 Å². The van der Waals surface area contributed by atoms with Crippen molar-refractivity contribution in [3.8, 4) is 22.5 Å². The summed E-state index contributed by atoms with van der Waals surface area (Å²) in [5.41, 5.74) is 3.65. The number of benzene rings is 2. The first-order valence-corrected chi connectivity index (χ1v) is 18.8. The predicted octanol–water partition coefficient (Wildman–Crippen LogP) is 0.738. The lowest BCUT2D eigenvalue weighted by molar-refractivity contribution is -0.136. The predicted molar refractivity (Wildman–Crippen MR) is 203 cm³/mol. The molecule has 0 saturated heterocycles. The topological polar surface area (TPSA) is 215 Å². The molecule has 0 spiro atoms. The SMILES string of the molecule is O=C(CC[C@H](O)[C@@H](O)C(=O)NCCOCCOCCOCCn1cc(-c2ccccc2)nn1)NCCOCCOCCOCCn1cc(-c2ccccc2)nn1. The second-order valence-electron chi connectivity index (χ2n) is 12.3. The second kappa shape index (κ2) is 27.0. The van der Waals surface area contributed by atoms with Gasteiger partial charge in [0, 0.05) is 30.6 Å². The summed E-state index contributed by atoms with van der Waals surface area (Å²) < 4.78 is 36.5. The van der Waals surface area contributed by atoms with E-state index in [1.165, 1.54) is 0 Å². The number of nitrogens with zero attached hydrogens (tertiary/aromatic N) is 6. The van der Waals surface area contributed by atoms with E-state index in [-0.39, 0.29) is 45.1 Å². The third-order valence-corrected chi connectivity index (χ3v) is 8.05. The van der Waals surface area contributed by atoms with E-state index >= 15 is 0 Å². The molecule has 2 atom stereocenters. The molecule has 0 fully saturated rings. The van der Waals surface area contributed by atoms with E-state index in [0.29, 0.717) is 79.2 Å². The van der Waals surface area contributed by atoms with Crippen LogP contribution in [0.1, 0.15) is 12.8 Å². The van der Waals surface area contributed by atoms with Gasteiger partial charge in [0.2, 0.25) is 5.91 Å². The number of amides is 2. The monoisotopic (exact) mass is 782 g/mol. The number of carbonyl (C=O) groups excluding carboxylic acids is 2. The Morgan fingerprint density at radius 3 is 1.45 bits per heavy atom. The first kappa shape index (κ1) is 44.1. The molecule has 0 aliphatic heterocycles. The van der Waals surface area contributed by atoms with Crippen LogP contribution in [-0.4, -0.2) is 157 Å². The first-order chi connectivity index (χ1) is 27.5. The molecule has 306 valence electrons. The van der Waals surface area contributed by atoms with Crippen molar-refractivity contribution >= 4 is 11.8 Å². The van der Waals surface area contributed by atoms with Crippen molar-refractivity contribution in [2.24, 2.45) is 0 Å². The number of rotatable bonds is 31. The van der Waals surface area contributed by atoms with E-state index in [2.05, 4.69) is 31.3 Å². The Kier molecular flexibility index (Phi) is 21.3. The molecular formula is C38H54N8O10. The zero-order chi connectivity index (χ0) is 39.5. The van der Waals surface area contributed by atoms with Crippen LogP contribution in [0.15, 0.2) is 73.1 Å². The van der Waals surface area contributed by atoms with Gasteiger partial charge < -0.3 is 49.3 Å². The van der Waals surface area contributed by atoms with Gasteiger partial charge in [-0.3, -0.25) is 9.59 Å². The van der Waals surface area contributed by atoms with Crippen molar-refractivity contribution in [3.63, 3.8) is 0 Å². The summed E-state index contributed by atoms with van der Waals surface area (Å²) in [6.45, 7) is 6.11. The average Bonchev–Trinajstić information content (AvgIpc) is 3.91. The lowest BCUT2D eigenvalue weighted by Crippen LogP contribution is -2.43. The number of carbonyl (C=O) groups is 2. The number of hydrogen-bond acceptors (Lipinski definition) is 14. The highest BCUT2D eigenvalue weighted by molar-refractivity contribution is 5.81. The van der Waals surface area contributed by atoms with Crippen LogP contribution < -0.4 is 10.6 Å². The molecule has 2 amide bonds. The highest BCUT2D eigenvalue weighted by atomic mass is 16.5. The van der Waals surface area contributed by atoms with Crippen LogP contribution in [0, 0.1) is 0 Å². The Morgan fingerprint density at radius 2 is 0.982 bits per heavy atom. The molecule has 2 aromatic carbocycles. The van der Waals surface area contributed by atoms with Crippen molar-refractivity contribution in [1.29, 1.82) is 0 Å². The van der Waals surface area contributed by atoms with Crippen LogP contribution in [0.2, 0.25) is 0 Å². The number of nitrogens with one attached hydrogen (secondary N) is 2. The highest BCUT2D eigenvalue weighted by Crippen LogP contribution is 2.15. The molecule has 4 aromatic rings. The summed E-state index contributed by atoms with van der Waals surface area (Å²) in [6.07, 6.45) is 0.547. The largest absolute Gasteiger partial charge is 0.390 e. The molecule has 0 aliphatic carbocycles. The normalized spacial score (nSPS) is 12.4. The zero-order valence-electron chi connectivity index (χ0n) is 31.7.